The van der Waals surface area contributed by atoms with Gasteiger partial charge >= 0.3 is 5.69 Å². The smallest absolute Gasteiger partial charge is 0.293 e. The van der Waals surface area contributed by atoms with Crippen LogP contribution in [0.4, 0.5) is 8.78 Å². The molecule has 0 spiro atoms. The molecule has 0 aliphatic rings. The maximum atomic E-state index is 13.0. The van der Waals surface area contributed by atoms with Crippen molar-refractivity contribution in [1.82, 2.24) is 9.55 Å². The highest BCUT2D eigenvalue weighted by Gasteiger charge is 2.06. The fraction of sp³-hybridized carbons (Fsp3) is 0.0909. The van der Waals surface area contributed by atoms with Gasteiger partial charge in [-0.1, -0.05) is 6.07 Å². The summed E-state index contributed by atoms with van der Waals surface area (Å²) in [5, 5.41) is 0. The van der Waals surface area contributed by atoms with Gasteiger partial charge in [0.15, 0.2) is 0 Å². The Balaban J connectivity index is 2.40. The van der Waals surface area contributed by atoms with E-state index in [0.717, 1.165) is 10.8 Å². The topological polar surface area (TPSA) is 54.9 Å². The second kappa shape index (κ2) is 4.85. The maximum Gasteiger partial charge on any atom is 0.328 e. The van der Waals surface area contributed by atoms with Crippen LogP contribution in [-0.4, -0.2) is 9.55 Å². The molecule has 0 atom stereocenters. The quantitative estimate of drug-likeness (QED) is 0.915. The molecule has 0 saturated carbocycles. The Bertz CT molecular complexity index is 709. The van der Waals surface area contributed by atoms with Gasteiger partial charge in [-0.05, 0) is 33.6 Å². The number of rotatable bonds is 2. The van der Waals surface area contributed by atoms with Crippen LogP contribution in [0.5, 0.6) is 0 Å². The summed E-state index contributed by atoms with van der Waals surface area (Å²) in [6.45, 7) is 0.0331. The van der Waals surface area contributed by atoms with Gasteiger partial charge in [-0.3, -0.25) is 14.3 Å². The molecular formula is C11H7BrF2N2O2. The van der Waals surface area contributed by atoms with Gasteiger partial charge in [0.1, 0.15) is 5.82 Å². The zero-order chi connectivity index (χ0) is 13.3. The number of halogens is 3. The van der Waals surface area contributed by atoms with Crippen LogP contribution in [0.25, 0.3) is 0 Å². The second-order valence-electron chi connectivity index (χ2n) is 3.61. The van der Waals surface area contributed by atoms with Gasteiger partial charge in [0.2, 0.25) is 5.82 Å². The van der Waals surface area contributed by atoms with Crippen LogP contribution in [0, 0.1) is 11.6 Å². The highest BCUT2D eigenvalue weighted by Crippen LogP contribution is 2.17. The van der Waals surface area contributed by atoms with Crippen molar-refractivity contribution in [3.05, 3.63) is 66.9 Å². The molecule has 0 fully saturated rings. The van der Waals surface area contributed by atoms with Crippen molar-refractivity contribution in [3.63, 3.8) is 0 Å². The van der Waals surface area contributed by atoms with Crippen LogP contribution in [0.2, 0.25) is 0 Å². The molecule has 0 aliphatic carbocycles. The molecule has 0 aliphatic heterocycles. The van der Waals surface area contributed by atoms with E-state index < -0.39 is 22.9 Å². The second-order valence-corrected chi connectivity index (χ2v) is 4.47. The molecule has 7 heteroatoms. The summed E-state index contributed by atoms with van der Waals surface area (Å²) in [6.07, 6.45) is 0.818. The Labute approximate surface area is 108 Å². The summed E-state index contributed by atoms with van der Waals surface area (Å²) >= 11 is 3.01. The predicted molar refractivity (Wildman–Crippen MR) is 64.5 cm³/mol. The molecule has 0 unspecified atom stereocenters. The fourth-order valence-electron chi connectivity index (χ4n) is 1.43. The molecule has 0 bridgehead atoms. The summed E-state index contributed by atoms with van der Waals surface area (Å²) in [4.78, 5) is 24.1. The van der Waals surface area contributed by atoms with Crippen LogP contribution >= 0.6 is 15.9 Å². The highest BCUT2D eigenvalue weighted by molar-refractivity contribution is 9.10. The summed E-state index contributed by atoms with van der Waals surface area (Å²) in [6, 6.07) is 4.17. The number of aromatic nitrogens is 2. The van der Waals surface area contributed by atoms with Crippen molar-refractivity contribution in [3.8, 4) is 0 Å². The number of hydrogen-bond acceptors (Lipinski definition) is 2. The zero-order valence-electron chi connectivity index (χ0n) is 8.91. The third kappa shape index (κ3) is 2.56. The van der Waals surface area contributed by atoms with Gasteiger partial charge in [0, 0.05) is 0 Å². The molecule has 18 heavy (non-hydrogen) atoms. The average molecular weight is 317 g/mol. The Morgan fingerprint density at radius 1 is 1.22 bits per heavy atom. The van der Waals surface area contributed by atoms with Crippen molar-refractivity contribution < 1.29 is 8.78 Å². The average Bonchev–Trinajstić information content (AvgIpc) is 2.31. The molecule has 1 heterocycles. The molecule has 2 rings (SSSR count). The summed E-state index contributed by atoms with van der Waals surface area (Å²) in [7, 11) is 0. The molecule has 2 aromatic rings. The van der Waals surface area contributed by atoms with Gasteiger partial charge in [0.25, 0.3) is 5.56 Å². The van der Waals surface area contributed by atoms with E-state index >= 15 is 0 Å². The molecule has 0 saturated heterocycles. The van der Waals surface area contributed by atoms with Gasteiger partial charge in [-0.15, -0.1) is 0 Å². The van der Waals surface area contributed by atoms with E-state index in [2.05, 4.69) is 15.9 Å². The Morgan fingerprint density at radius 2 is 1.94 bits per heavy atom. The zero-order valence-corrected chi connectivity index (χ0v) is 10.5. The Hall–Kier alpha value is -1.76. The molecule has 94 valence electrons. The molecule has 0 amide bonds. The first kappa shape index (κ1) is 12.7. The van der Waals surface area contributed by atoms with Crippen molar-refractivity contribution in [2.45, 2.75) is 6.54 Å². The van der Waals surface area contributed by atoms with E-state index in [1.54, 1.807) is 0 Å². The lowest BCUT2D eigenvalue weighted by atomic mass is 10.2. The third-order valence-corrected chi connectivity index (χ3v) is 2.91. The fourth-order valence-corrected chi connectivity index (χ4v) is 1.86. The van der Waals surface area contributed by atoms with Crippen LogP contribution in [0.1, 0.15) is 5.56 Å². The van der Waals surface area contributed by atoms with Gasteiger partial charge in [-0.25, -0.2) is 9.18 Å². The number of nitrogens with one attached hydrogen (secondary N) is 1. The first-order chi connectivity index (χ1) is 8.47. The number of nitrogens with zero attached hydrogens (tertiary/aromatic N) is 1. The van der Waals surface area contributed by atoms with Gasteiger partial charge in [0.05, 0.1) is 17.2 Å². The maximum absolute atomic E-state index is 13.0. The first-order valence-corrected chi connectivity index (χ1v) is 5.70. The minimum Gasteiger partial charge on any atom is -0.293 e. The number of benzene rings is 1. The Morgan fingerprint density at radius 3 is 2.61 bits per heavy atom. The van der Waals surface area contributed by atoms with Crippen molar-refractivity contribution in [2.24, 2.45) is 0 Å². The van der Waals surface area contributed by atoms with Crippen LogP contribution in [-0.2, 0) is 6.54 Å². The minimum absolute atomic E-state index is 0.0331. The standard InChI is InChI=1S/C11H7BrF2N2O2/c12-7-3-6(1-2-8(7)13)4-16-5-9(14)10(17)15-11(16)18/h1-3,5H,4H2,(H,15,17,18). The van der Waals surface area contributed by atoms with Crippen LogP contribution in [0.3, 0.4) is 0 Å². The van der Waals surface area contributed by atoms with Crippen molar-refractivity contribution in [2.75, 3.05) is 0 Å². The van der Waals surface area contributed by atoms with E-state index in [9.17, 15) is 18.4 Å². The lowest BCUT2D eigenvalue weighted by molar-refractivity contribution is 0.565. The monoisotopic (exact) mass is 316 g/mol. The molecular weight excluding hydrogens is 310 g/mol. The van der Waals surface area contributed by atoms with Gasteiger partial charge in [-0.2, -0.15) is 4.39 Å². The summed E-state index contributed by atoms with van der Waals surface area (Å²) in [5.74, 6) is -1.48. The van der Waals surface area contributed by atoms with E-state index in [1.807, 2.05) is 4.98 Å². The normalized spacial score (nSPS) is 10.6. The number of hydrogen-bond donors (Lipinski definition) is 1. The molecule has 1 aromatic heterocycles. The largest absolute Gasteiger partial charge is 0.328 e. The van der Waals surface area contributed by atoms with Crippen LogP contribution < -0.4 is 11.2 Å². The number of aromatic amines is 1. The van der Waals surface area contributed by atoms with E-state index in [1.165, 1.54) is 18.2 Å². The van der Waals surface area contributed by atoms with E-state index in [4.69, 9.17) is 0 Å². The Kier molecular flexibility index (Phi) is 3.42. The SMILES string of the molecule is O=c1[nH]c(=O)n(Cc2ccc(F)c(Br)c2)cc1F. The summed E-state index contributed by atoms with van der Waals surface area (Å²) < 4.78 is 27.3. The van der Waals surface area contributed by atoms with Gasteiger partial charge < -0.3 is 0 Å². The molecule has 1 aromatic carbocycles. The molecule has 1 N–H and O–H groups in total. The summed E-state index contributed by atoms with van der Waals surface area (Å²) in [5.41, 5.74) is -1.18. The predicted octanol–water partition coefficient (Wildman–Crippen LogP) is 1.63. The lowest BCUT2D eigenvalue weighted by Crippen LogP contribution is -2.31. The third-order valence-electron chi connectivity index (χ3n) is 2.30. The van der Waals surface area contributed by atoms with Crippen molar-refractivity contribution >= 4 is 15.9 Å². The van der Waals surface area contributed by atoms with Crippen molar-refractivity contribution in [1.29, 1.82) is 0 Å². The lowest BCUT2D eigenvalue weighted by Gasteiger charge is -2.06. The van der Waals surface area contributed by atoms with E-state index in [0.29, 0.717) is 5.56 Å². The van der Waals surface area contributed by atoms with E-state index in [-0.39, 0.29) is 11.0 Å². The highest BCUT2D eigenvalue weighted by atomic mass is 79.9. The molecule has 4 nitrogen and oxygen atoms in total. The van der Waals surface area contributed by atoms with Crippen LogP contribution in [0.15, 0.2) is 38.5 Å². The first-order valence-electron chi connectivity index (χ1n) is 4.90. The minimum atomic E-state index is -1.06. The number of H-pyrrole nitrogens is 1. The molecule has 0 radical (unpaired) electrons.